The van der Waals surface area contributed by atoms with Crippen LogP contribution in [-0.4, -0.2) is 21.6 Å². The molecule has 0 spiro atoms. The quantitative estimate of drug-likeness (QED) is 0.446. The minimum absolute atomic E-state index is 0.117. The molecular formula is C19H15F2N3O2S2. The molecule has 1 aromatic heterocycles. The van der Waals surface area contributed by atoms with Crippen molar-refractivity contribution in [3.8, 4) is 0 Å². The second-order valence-corrected chi connectivity index (χ2v) is 7.62. The van der Waals surface area contributed by atoms with Crippen LogP contribution in [0.25, 0.3) is 0 Å². The van der Waals surface area contributed by atoms with Crippen molar-refractivity contribution in [1.82, 2.24) is 9.97 Å². The number of halogens is 2. The number of carbonyl (C=O) groups excluding carboxylic acids is 1. The third-order valence-electron chi connectivity index (χ3n) is 3.45. The van der Waals surface area contributed by atoms with E-state index in [-0.39, 0.29) is 22.2 Å². The Morgan fingerprint density at radius 1 is 1.07 bits per heavy atom. The molecule has 0 aliphatic rings. The number of amides is 1. The number of nitrogens with one attached hydrogen (secondary N) is 2. The van der Waals surface area contributed by atoms with Crippen LogP contribution < -0.4 is 10.9 Å². The summed E-state index contributed by atoms with van der Waals surface area (Å²) in [7, 11) is 0. The first kappa shape index (κ1) is 20.1. The molecule has 2 aromatic carbocycles. The third kappa shape index (κ3) is 5.93. The molecular weight excluding hydrogens is 404 g/mol. The molecule has 0 fully saturated rings. The maximum absolute atomic E-state index is 13.6. The molecule has 0 unspecified atom stereocenters. The molecule has 0 radical (unpaired) electrons. The summed E-state index contributed by atoms with van der Waals surface area (Å²) in [6.45, 7) is 0. The normalized spacial score (nSPS) is 10.6. The second kappa shape index (κ2) is 9.52. The lowest BCUT2D eigenvalue weighted by molar-refractivity contribution is -0.113. The highest BCUT2D eigenvalue weighted by Gasteiger charge is 2.10. The highest BCUT2D eigenvalue weighted by molar-refractivity contribution is 7.99. The molecule has 0 saturated heterocycles. The maximum Gasteiger partial charge on any atom is 0.251 e. The number of thioether (sulfide) groups is 2. The lowest BCUT2D eigenvalue weighted by Crippen LogP contribution is -2.16. The summed E-state index contributed by atoms with van der Waals surface area (Å²) in [6, 6.07) is 13.9. The number of H-pyrrole nitrogens is 1. The van der Waals surface area contributed by atoms with E-state index in [1.807, 2.05) is 30.3 Å². The van der Waals surface area contributed by atoms with Gasteiger partial charge in [-0.2, -0.15) is 0 Å². The van der Waals surface area contributed by atoms with Gasteiger partial charge in [0.25, 0.3) is 5.56 Å². The van der Waals surface area contributed by atoms with Gasteiger partial charge in [0, 0.05) is 22.8 Å². The lowest BCUT2D eigenvalue weighted by Gasteiger charge is -2.07. The number of aromatic amines is 1. The van der Waals surface area contributed by atoms with Crippen molar-refractivity contribution in [2.75, 3.05) is 11.1 Å². The molecule has 5 nitrogen and oxygen atoms in total. The fraction of sp³-hybridized carbons (Fsp3) is 0.105. The van der Waals surface area contributed by atoms with Gasteiger partial charge in [0.15, 0.2) is 5.16 Å². The standard InChI is InChI=1S/C19H15F2N3O2S2/c20-12-6-7-15(21)16(8-12)23-18(26)11-28-19-22-13(9-17(25)24-19)10-27-14-4-2-1-3-5-14/h1-9H,10-11H2,(H,23,26)(H,22,24,25). The zero-order valence-corrected chi connectivity index (χ0v) is 16.1. The summed E-state index contributed by atoms with van der Waals surface area (Å²) >= 11 is 2.54. The van der Waals surface area contributed by atoms with Crippen molar-refractivity contribution in [1.29, 1.82) is 0 Å². The molecule has 0 aliphatic heterocycles. The predicted molar refractivity (Wildman–Crippen MR) is 107 cm³/mol. The van der Waals surface area contributed by atoms with E-state index >= 15 is 0 Å². The van der Waals surface area contributed by atoms with E-state index in [2.05, 4.69) is 15.3 Å². The van der Waals surface area contributed by atoms with Crippen LogP contribution in [0.15, 0.2) is 69.4 Å². The van der Waals surface area contributed by atoms with Crippen molar-refractivity contribution in [3.63, 3.8) is 0 Å². The molecule has 1 heterocycles. The summed E-state index contributed by atoms with van der Waals surface area (Å²) < 4.78 is 26.7. The monoisotopic (exact) mass is 419 g/mol. The van der Waals surface area contributed by atoms with Gasteiger partial charge in [0.2, 0.25) is 5.91 Å². The predicted octanol–water partition coefficient (Wildman–Crippen LogP) is 4.07. The number of hydrogen-bond acceptors (Lipinski definition) is 5. The van der Waals surface area contributed by atoms with Gasteiger partial charge in [0.1, 0.15) is 11.6 Å². The molecule has 1 amide bonds. The SMILES string of the molecule is O=C(CSc1nc(CSc2ccccc2)cc(=O)[nH]1)Nc1cc(F)ccc1F. The molecule has 0 saturated carbocycles. The third-order valence-corrected chi connectivity index (χ3v) is 5.36. The summed E-state index contributed by atoms with van der Waals surface area (Å²) in [5.74, 6) is -1.54. The molecule has 28 heavy (non-hydrogen) atoms. The van der Waals surface area contributed by atoms with Crippen LogP contribution in [0.4, 0.5) is 14.5 Å². The number of anilines is 1. The van der Waals surface area contributed by atoms with Crippen LogP contribution in [-0.2, 0) is 10.5 Å². The average molecular weight is 419 g/mol. The second-order valence-electron chi connectivity index (χ2n) is 5.60. The van der Waals surface area contributed by atoms with Gasteiger partial charge < -0.3 is 10.3 Å². The van der Waals surface area contributed by atoms with Crippen LogP contribution in [0.3, 0.4) is 0 Å². The number of carbonyl (C=O) groups is 1. The van der Waals surface area contributed by atoms with Gasteiger partial charge in [-0.25, -0.2) is 13.8 Å². The smallest absolute Gasteiger partial charge is 0.251 e. The van der Waals surface area contributed by atoms with Crippen molar-refractivity contribution in [2.45, 2.75) is 15.8 Å². The number of aromatic nitrogens is 2. The van der Waals surface area contributed by atoms with Crippen LogP contribution in [0.1, 0.15) is 5.69 Å². The first-order chi connectivity index (χ1) is 13.5. The molecule has 0 atom stereocenters. The Bertz CT molecular complexity index is 1030. The zero-order chi connectivity index (χ0) is 19.9. The number of benzene rings is 2. The Morgan fingerprint density at radius 3 is 2.64 bits per heavy atom. The Kier molecular flexibility index (Phi) is 6.83. The van der Waals surface area contributed by atoms with E-state index in [0.717, 1.165) is 34.9 Å². The van der Waals surface area contributed by atoms with E-state index in [4.69, 9.17) is 0 Å². The minimum Gasteiger partial charge on any atom is -0.323 e. The molecule has 3 aromatic rings. The van der Waals surface area contributed by atoms with Crippen molar-refractivity contribution in [2.24, 2.45) is 0 Å². The van der Waals surface area contributed by atoms with Gasteiger partial charge >= 0.3 is 0 Å². The maximum atomic E-state index is 13.6. The Balaban J connectivity index is 1.59. The Hall–Kier alpha value is -2.65. The van der Waals surface area contributed by atoms with Gasteiger partial charge in [-0.3, -0.25) is 9.59 Å². The van der Waals surface area contributed by atoms with E-state index < -0.39 is 17.5 Å². The molecule has 0 bridgehead atoms. The molecule has 2 N–H and O–H groups in total. The molecule has 0 aliphatic carbocycles. The summed E-state index contributed by atoms with van der Waals surface area (Å²) in [6.07, 6.45) is 0. The van der Waals surface area contributed by atoms with Gasteiger partial charge in [-0.1, -0.05) is 30.0 Å². The first-order valence-corrected chi connectivity index (χ1v) is 10.1. The van der Waals surface area contributed by atoms with Crippen LogP contribution in [0, 0.1) is 11.6 Å². The highest BCUT2D eigenvalue weighted by Crippen LogP contribution is 2.22. The average Bonchev–Trinajstić information content (AvgIpc) is 2.68. The van der Waals surface area contributed by atoms with E-state index in [0.29, 0.717) is 11.4 Å². The molecule has 3 rings (SSSR count). The van der Waals surface area contributed by atoms with Crippen molar-refractivity contribution < 1.29 is 13.6 Å². The molecule has 144 valence electrons. The van der Waals surface area contributed by atoms with Crippen LogP contribution in [0.5, 0.6) is 0 Å². The summed E-state index contributed by atoms with van der Waals surface area (Å²) in [4.78, 5) is 31.8. The summed E-state index contributed by atoms with van der Waals surface area (Å²) in [5, 5.41) is 2.58. The topological polar surface area (TPSA) is 74.8 Å². The van der Waals surface area contributed by atoms with Crippen molar-refractivity contribution in [3.05, 3.63) is 82.3 Å². The summed E-state index contributed by atoms with van der Waals surface area (Å²) in [5.41, 5.74) is 0.0227. The Labute approximate surface area is 168 Å². The highest BCUT2D eigenvalue weighted by atomic mass is 32.2. The fourth-order valence-electron chi connectivity index (χ4n) is 2.21. The lowest BCUT2D eigenvalue weighted by atomic mass is 10.3. The fourth-order valence-corrected chi connectivity index (χ4v) is 3.72. The zero-order valence-electron chi connectivity index (χ0n) is 14.4. The van der Waals surface area contributed by atoms with Gasteiger partial charge in [-0.15, -0.1) is 11.8 Å². The largest absolute Gasteiger partial charge is 0.323 e. The first-order valence-electron chi connectivity index (χ1n) is 8.15. The number of rotatable bonds is 7. The van der Waals surface area contributed by atoms with Crippen LogP contribution >= 0.6 is 23.5 Å². The van der Waals surface area contributed by atoms with E-state index in [1.54, 1.807) is 0 Å². The van der Waals surface area contributed by atoms with E-state index in [1.165, 1.54) is 17.8 Å². The van der Waals surface area contributed by atoms with Crippen molar-refractivity contribution >= 4 is 35.1 Å². The van der Waals surface area contributed by atoms with Crippen LogP contribution in [0.2, 0.25) is 0 Å². The van der Waals surface area contributed by atoms with Gasteiger partial charge in [-0.05, 0) is 24.3 Å². The van der Waals surface area contributed by atoms with E-state index in [9.17, 15) is 18.4 Å². The molecule has 9 heteroatoms. The number of hydrogen-bond donors (Lipinski definition) is 2. The Morgan fingerprint density at radius 2 is 1.86 bits per heavy atom. The minimum atomic E-state index is -0.730. The number of nitrogens with zero attached hydrogens (tertiary/aromatic N) is 1. The van der Waals surface area contributed by atoms with Gasteiger partial charge in [0.05, 0.1) is 17.1 Å².